The molecule has 0 aliphatic heterocycles. The van der Waals surface area contributed by atoms with Gasteiger partial charge in [-0.1, -0.05) is 23.2 Å². The maximum Gasteiger partial charge on any atom is 0.0991 e. The van der Waals surface area contributed by atoms with E-state index in [9.17, 15) is 0 Å². The lowest BCUT2D eigenvalue weighted by Gasteiger charge is -2.18. The molecule has 0 aliphatic rings. The van der Waals surface area contributed by atoms with Crippen molar-refractivity contribution in [2.24, 2.45) is 0 Å². The molecule has 1 aromatic rings. The first kappa shape index (κ1) is 13.3. The van der Waals surface area contributed by atoms with Crippen molar-refractivity contribution in [1.82, 2.24) is 5.32 Å². The van der Waals surface area contributed by atoms with Gasteiger partial charge in [0.25, 0.3) is 0 Å². The first-order valence-corrected chi connectivity index (χ1v) is 6.43. The molecule has 2 atom stereocenters. The smallest absolute Gasteiger partial charge is 0.0991 e. The molecule has 86 valence electrons. The molecule has 15 heavy (non-hydrogen) atoms. The Hall–Kier alpha value is 0.200. The molecule has 2 nitrogen and oxygen atoms in total. The minimum atomic E-state index is 0.155. The van der Waals surface area contributed by atoms with Crippen LogP contribution in [0.3, 0.4) is 0 Å². The number of thiophene rings is 1. The van der Waals surface area contributed by atoms with E-state index < -0.39 is 0 Å². The minimum Gasteiger partial charge on any atom is -0.396 e. The fourth-order valence-corrected chi connectivity index (χ4v) is 3.09. The molecule has 2 unspecified atom stereocenters. The Balaban J connectivity index is 2.60. The summed E-state index contributed by atoms with van der Waals surface area (Å²) in [4.78, 5) is 0. The van der Waals surface area contributed by atoms with Gasteiger partial charge in [0.2, 0.25) is 0 Å². The Morgan fingerprint density at radius 2 is 2.13 bits per heavy atom. The predicted molar refractivity (Wildman–Crippen MR) is 67.1 cm³/mol. The second-order valence-corrected chi connectivity index (χ2v) is 5.87. The van der Waals surface area contributed by atoms with Crippen molar-refractivity contribution in [2.75, 3.05) is 6.61 Å². The van der Waals surface area contributed by atoms with Gasteiger partial charge in [0, 0.05) is 18.7 Å². The zero-order valence-corrected chi connectivity index (χ0v) is 11.1. The summed E-state index contributed by atoms with van der Waals surface area (Å²) in [5.74, 6) is 0. The number of rotatable bonds is 5. The van der Waals surface area contributed by atoms with E-state index in [4.69, 9.17) is 28.3 Å². The standard InChI is InChI=1S/C10H15Cl2NOS/c1-6(3-4-14)13-7(2)8-5-9(11)15-10(8)12/h5-7,13-14H,3-4H2,1-2H3. The predicted octanol–water partition coefficient (Wildman–Crippen LogP) is 3.48. The van der Waals surface area contributed by atoms with Crippen molar-refractivity contribution in [3.8, 4) is 0 Å². The molecule has 0 spiro atoms. The molecule has 0 aromatic carbocycles. The quantitative estimate of drug-likeness (QED) is 0.857. The number of halogens is 2. The number of nitrogens with one attached hydrogen (secondary N) is 1. The molecule has 2 N–H and O–H groups in total. The number of hydrogen-bond donors (Lipinski definition) is 2. The van der Waals surface area contributed by atoms with Crippen molar-refractivity contribution < 1.29 is 5.11 Å². The highest BCUT2D eigenvalue weighted by molar-refractivity contribution is 7.20. The van der Waals surface area contributed by atoms with E-state index in [1.807, 2.05) is 19.9 Å². The van der Waals surface area contributed by atoms with E-state index in [0.29, 0.717) is 4.34 Å². The van der Waals surface area contributed by atoms with Gasteiger partial charge in [-0.15, -0.1) is 11.3 Å². The van der Waals surface area contributed by atoms with Crippen molar-refractivity contribution in [2.45, 2.75) is 32.4 Å². The highest BCUT2D eigenvalue weighted by Crippen LogP contribution is 2.34. The number of hydrogen-bond acceptors (Lipinski definition) is 3. The largest absolute Gasteiger partial charge is 0.396 e. The molecule has 1 rings (SSSR count). The second-order valence-electron chi connectivity index (χ2n) is 3.58. The van der Waals surface area contributed by atoms with Crippen LogP contribution in [0.25, 0.3) is 0 Å². The van der Waals surface area contributed by atoms with Gasteiger partial charge >= 0.3 is 0 Å². The van der Waals surface area contributed by atoms with Crippen LogP contribution in [0.5, 0.6) is 0 Å². The molecule has 0 saturated heterocycles. The van der Waals surface area contributed by atoms with E-state index in [-0.39, 0.29) is 18.7 Å². The number of aliphatic hydroxyl groups is 1. The fraction of sp³-hybridized carbons (Fsp3) is 0.600. The van der Waals surface area contributed by atoms with Crippen LogP contribution in [0, 0.1) is 0 Å². The molecule has 0 fully saturated rings. The summed E-state index contributed by atoms with van der Waals surface area (Å²) in [5.41, 5.74) is 1.02. The molecule has 0 bridgehead atoms. The van der Waals surface area contributed by atoms with Crippen molar-refractivity contribution >= 4 is 34.5 Å². The molecule has 0 radical (unpaired) electrons. The summed E-state index contributed by atoms with van der Waals surface area (Å²) in [5, 5.41) is 12.1. The van der Waals surface area contributed by atoms with E-state index in [1.165, 1.54) is 11.3 Å². The van der Waals surface area contributed by atoms with Crippen LogP contribution >= 0.6 is 34.5 Å². The normalized spacial score (nSPS) is 15.3. The fourth-order valence-electron chi connectivity index (χ4n) is 1.44. The third kappa shape index (κ3) is 3.93. The van der Waals surface area contributed by atoms with Crippen LogP contribution in [0.4, 0.5) is 0 Å². The van der Waals surface area contributed by atoms with Crippen LogP contribution in [0.15, 0.2) is 6.07 Å². The number of aliphatic hydroxyl groups excluding tert-OH is 1. The van der Waals surface area contributed by atoms with Crippen LogP contribution in [0.2, 0.25) is 8.67 Å². The van der Waals surface area contributed by atoms with Crippen molar-refractivity contribution in [1.29, 1.82) is 0 Å². The first-order valence-electron chi connectivity index (χ1n) is 4.86. The van der Waals surface area contributed by atoms with Gasteiger partial charge in [-0.2, -0.15) is 0 Å². The Bertz CT molecular complexity index is 316. The van der Waals surface area contributed by atoms with Crippen LogP contribution in [0.1, 0.15) is 31.9 Å². The SMILES string of the molecule is CC(CCO)NC(C)c1cc(Cl)sc1Cl. The van der Waals surface area contributed by atoms with E-state index >= 15 is 0 Å². The molecular formula is C10H15Cl2NOS. The molecule has 1 aromatic heterocycles. The summed E-state index contributed by atoms with van der Waals surface area (Å²) in [6.07, 6.45) is 0.736. The average molecular weight is 268 g/mol. The summed E-state index contributed by atoms with van der Waals surface area (Å²) in [7, 11) is 0. The van der Waals surface area contributed by atoms with Gasteiger partial charge in [-0.05, 0) is 31.9 Å². The monoisotopic (exact) mass is 267 g/mol. The third-order valence-corrected chi connectivity index (χ3v) is 3.76. The Labute approximate surface area is 104 Å². The molecule has 5 heteroatoms. The zero-order chi connectivity index (χ0) is 11.4. The minimum absolute atomic E-state index is 0.155. The van der Waals surface area contributed by atoms with Gasteiger partial charge in [0.05, 0.1) is 8.67 Å². The summed E-state index contributed by atoms with van der Waals surface area (Å²) in [6, 6.07) is 2.31. The van der Waals surface area contributed by atoms with E-state index in [2.05, 4.69) is 5.32 Å². The maximum atomic E-state index is 8.79. The lowest BCUT2D eigenvalue weighted by Crippen LogP contribution is -2.29. The maximum absolute atomic E-state index is 8.79. The van der Waals surface area contributed by atoms with Crippen molar-refractivity contribution in [3.05, 3.63) is 20.3 Å². The van der Waals surface area contributed by atoms with Crippen LogP contribution < -0.4 is 5.32 Å². The summed E-state index contributed by atoms with van der Waals surface area (Å²) >= 11 is 13.3. The molecule has 1 heterocycles. The first-order chi connectivity index (χ1) is 7.04. The highest BCUT2D eigenvalue weighted by Gasteiger charge is 2.14. The topological polar surface area (TPSA) is 32.3 Å². The average Bonchev–Trinajstić information content (AvgIpc) is 2.45. The summed E-state index contributed by atoms with van der Waals surface area (Å²) < 4.78 is 1.44. The second kappa shape index (κ2) is 6.06. The van der Waals surface area contributed by atoms with Gasteiger partial charge in [0.1, 0.15) is 0 Å². The van der Waals surface area contributed by atoms with Crippen LogP contribution in [-0.2, 0) is 0 Å². The molecule has 0 aliphatic carbocycles. The Kier molecular flexibility index (Phi) is 5.36. The molecule has 0 saturated carbocycles. The summed E-state index contributed by atoms with van der Waals surface area (Å²) in [6.45, 7) is 4.27. The Morgan fingerprint density at radius 1 is 1.47 bits per heavy atom. The zero-order valence-electron chi connectivity index (χ0n) is 8.76. The Morgan fingerprint density at radius 3 is 2.60 bits per heavy atom. The van der Waals surface area contributed by atoms with Gasteiger partial charge in [0.15, 0.2) is 0 Å². The molecular weight excluding hydrogens is 253 g/mol. The van der Waals surface area contributed by atoms with E-state index in [1.54, 1.807) is 0 Å². The van der Waals surface area contributed by atoms with Crippen molar-refractivity contribution in [3.63, 3.8) is 0 Å². The lowest BCUT2D eigenvalue weighted by molar-refractivity contribution is 0.264. The van der Waals surface area contributed by atoms with Gasteiger partial charge in [-0.3, -0.25) is 0 Å². The van der Waals surface area contributed by atoms with Gasteiger partial charge in [-0.25, -0.2) is 0 Å². The third-order valence-electron chi connectivity index (χ3n) is 2.25. The van der Waals surface area contributed by atoms with Gasteiger partial charge < -0.3 is 10.4 Å². The molecule has 0 amide bonds. The lowest BCUT2D eigenvalue weighted by atomic mass is 10.1. The van der Waals surface area contributed by atoms with Crippen LogP contribution in [-0.4, -0.2) is 17.8 Å². The highest BCUT2D eigenvalue weighted by atomic mass is 35.5. The van der Waals surface area contributed by atoms with E-state index in [0.717, 1.165) is 16.3 Å².